The van der Waals surface area contributed by atoms with Crippen molar-refractivity contribution >= 4 is 49.1 Å². The third-order valence-corrected chi connectivity index (χ3v) is 6.09. The fourth-order valence-electron chi connectivity index (χ4n) is 2.51. The van der Waals surface area contributed by atoms with Gasteiger partial charge in [-0.15, -0.1) is 0 Å². The lowest BCUT2D eigenvalue weighted by Crippen LogP contribution is -2.24. The Bertz CT molecular complexity index is 957. The van der Waals surface area contributed by atoms with Crippen molar-refractivity contribution in [1.82, 2.24) is 4.72 Å². The fourth-order valence-corrected chi connectivity index (χ4v) is 4.66. The van der Waals surface area contributed by atoms with Crippen LogP contribution in [-0.4, -0.2) is 27.5 Å². The molecule has 2 N–H and O–H groups in total. The second kappa shape index (κ2) is 9.73. The first-order chi connectivity index (χ1) is 13.1. The molecule has 1 amide bonds. The Morgan fingerprint density at radius 1 is 1.18 bits per heavy atom. The summed E-state index contributed by atoms with van der Waals surface area (Å²) < 4.78 is 33.1. The molecule has 0 radical (unpaired) electrons. The molecule has 2 aromatic carbocycles. The van der Waals surface area contributed by atoms with Gasteiger partial charge in [-0.2, -0.15) is 0 Å². The molecular formula is C19H22BrClN2O4S. The number of benzene rings is 2. The molecule has 0 bridgehead atoms. The average Bonchev–Trinajstić information content (AvgIpc) is 2.62. The molecule has 6 nitrogen and oxygen atoms in total. The van der Waals surface area contributed by atoms with Crippen molar-refractivity contribution in [3.05, 3.63) is 51.0 Å². The Labute approximate surface area is 178 Å². The van der Waals surface area contributed by atoms with E-state index >= 15 is 0 Å². The van der Waals surface area contributed by atoms with E-state index in [0.717, 1.165) is 21.3 Å². The Balaban J connectivity index is 2.04. The Morgan fingerprint density at radius 3 is 2.39 bits per heavy atom. The van der Waals surface area contributed by atoms with Crippen LogP contribution in [0.4, 0.5) is 5.69 Å². The van der Waals surface area contributed by atoms with Gasteiger partial charge in [-0.05, 0) is 61.7 Å². The third-order valence-electron chi connectivity index (χ3n) is 3.88. The standard InChI is InChI=1S/C19H22BrClN2O4S/c1-4-7-22-28(25,26)15-5-6-17(16(21)10-15)27-11-18(24)23-19-12(2)8-14(20)9-13(19)3/h5-6,8-10,22H,4,7,11H2,1-3H3,(H,23,24). The number of hydrogen-bond acceptors (Lipinski definition) is 4. The second-order valence-electron chi connectivity index (χ2n) is 6.24. The van der Waals surface area contributed by atoms with Crippen LogP contribution >= 0.6 is 27.5 Å². The zero-order valence-electron chi connectivity index (χ0n) is 15.8. The van der Waals surface area contributed by atoms with Gasteiger partial charge < -0.3 is 10.1 Å². The summed E-state index contributed by atoms with van der Waals surface area (Å²) >= 11 is 9.54. The lowest BCUT2D eigenvalue weighted by molar-refractivity contribution is -0.118. The van der Waals surface area contributed by atoms with E-state index in [1.54, 1.807) is 0 Å². The van der Waals surface area contributed by atoms with Gasteiger partial charge in [-0.3, -0.25) is 4.79 Å². The summed E-state index contributed by atoms with van der Waals surface area (Å²) in [6, 6.07) is 7.94. The van der Waals surface area contributed by atoms with E-state index in [0.29, 0.717) is 13.0 Å². The minimum atomic E-state index is -3.62. The SMILES string of the molecule is CCCNS(=O)(=O)c1ccc(OCC(=O)Nc2c(C)cc(Br)cc2C)c(Cl)c1. The third kappa shape index (κ3) is 5.94. The predicted molar refractivity (Wildman–Crippen MR) is 115 cm³/mol. The number of carbonyl (C=O) groups excluding carboxylic acids is 1. The molecule has 0 saturated heterocycles. The second-order valence-corrected chi connectivity index (χ2v) is 9.33. The maximum atomic E-state index is 12.2. The summed E-state index contributed by atoms with van der Waals surface area (Å²) in [7, 11) is -3.62. The number of anilines is 1. The quantitative estimate of drug-likeness (QED) is 0.575. The van der Waals surface area contributed by atoms with Crippen LogP contribution in [-0.2, 0) is 14.8 Å². The van der Waals surface area contributed by atoms with E-state index in [4.69, 9.17) is 16.3 Å². The monoisotopic (exact) mass is 488 g/mol. The van der Waals surface area contributed by atoms with E-state index in [2.05, 4.69) is 26.0 Å². The van der Waals surface area contributed by atoms with Crippen LogP contribution in [0.25, 0.3) is 0 Å². The lowest BCUT2D eigenvalue weighted by Gasteiger charge is -2.14. The summed E-state index contributed by atoms with van der Waals surface area (Å²) in [5, 5.41) is 2.93. The Hall–Kier alpha value is -1.61. The molecule has 152 valence electrons. The van der Waals surface area contributed by atoms with E-state index in [9.17, 15) is 13.2 Å². The van der Waals surface area contributed by atoms with Crippen LogP contribution in [0.5, 0.6) is 5.75 Å². The lowest BCUT2D eigenvalue weighted by atomic mass is 10.1. The fraction of sp³-hybridized carbons (Fsp3) is 0.316. The number of rotatable bonds is 8. The van der Waals surface area contributed by atoms with Gasteiger partial charge in [0.15, 0.2) is 6.61 Å². The number of amides is 1. The van der Waals surface area contributed by atoms with Crippen molar-refractivity contribution in [2.24, 2.45) is 0 Å². The topological polar surface area (TPSA) is 84.5 Å². The summed E-state index contributed by atoms with van der Waals surface area (Å²) in [6.07, 6.45) is 0.681. The van der Waals surface area contributed by atoms with Gasteiger partial charge in [0, 0.05) is 16.7 Å². The highest BCUT2D eigenvalue weighted by molar-refractivity contribution is 9.10. The van der Waals surface area contributed by atoms with Crippen LogP contribution in [0.15, 0.2) is 39.7 Å². The molecule has 0 aliphatic heterocycles. The first kappa shape index (κ1) is 22.7. The number of aryl methyl sites for hydroxylation is 2. The average molecular weight is 490 g/mol. The molecule has 0 fully saturated rings. The van der Waals surface area contributed by atoms with Crippen molar-refractivity contribution in [1.29, 1.82) is 0 Å². The van der Waals surface area contributed by atoms with Gasteiger partial charge in [0.05, 0.1) is 9.92 Å². The Morgan fingerprint density at radius 2 is 1.82 bits per heavy atom. The van der Waals surface area contributed by atoms with Gasteiger partial charge in [0.1, 0.15) is 5.75 Å². The van der Waals surface area contributed by atoms with Crippen LogP contribution in [0.2, 0.25) is 5.02 Å². The first-order valence-corrected chi connectivity index (χ1v) is 11.3. The number of hydrogen-bond donors (Lipinski definition) is 2. The minimum absolute atomic E-state index is 0.0452. The zero-order valence-corrected chi connectivity index (χ0v) is 19.0. The van der Waals surface area contributed by atoms with Crippen molar-refractivity contribution in [3.63, 3.8) is 0 Å². The summed E-state index contributed by atoms with van der Waals surface area (Å²) in [6.45, 7) is 5.75. The molecule has 2 aromatic rings. The predicted octanol–water partition coefficient (Wildman–Crippen LogP) is 4.43. The highest BCUT2D eigenvalue weighted by Crippen LogP contribution is 2.28. The Kier molecular flexibility index (Phi) is 7.88. The highest BCUT2D eigenvalue weighted by atomic mass is 79.9. The number of sulfonamides is 1. The van der Waals surface area contributed by atoms with Crippen LogP contribution < -0.4 is 14.8 Å². The van der Waals surface area contributed by atoms with Crippen molar-refractivity contribution < 1.29 is 17.9 Å². The number of nitrogens with one attached hydrogen (secondary N) is 2. The zero-order chi connectivity index (χ0) is 20.9. The number of carbonyl (C=O) groups is 1. The van der Waals surface area contributed by atoms with Gasteiger partial charge in [0.25, 0.3) is 5.91 Å². The summed E-state index contributed by atoms with van der Waals surface area (Å²) in [5.41, 5.74) is 2.58. The molecule has 0 atom stereocenters. The van der Waals surface area contributed by atoms with Gasteiger partial charge >= 0.3 is 0 Å². The van der Waals surface area contributed by atoms with Crippen molar-refractivity contribution in [2.45, 2.75) is 32.1 Å². The van der Waals surface area contributed by atoms with Crippen molar-refractivity contribution in [3.8, 4) is 5.75 Å². The van der Waals surface area contributed by atoms with Crippen LogP contribution in [0.3, 0.4) is 0 Å². The molecule has 28 heavy (non-hydrogen) atoms. The van der Waals surface area contributed by atoms with E-state index in [-0.39, 0.29) is 28.2 Å². The van der Waals surface area contributed by atoms with E-state index < -0.39 is 10.0 Å². The molecule has 0 aliphatic carbocycles. The van der Waals surface area contributed by atoms with Gasteiger partial charge in [-0.1, -0.05) is 34.5 Å². The molecule has 0 saturated carbocycles. The van der Waals surface area contributed by atoms with Gasteiger partial charge in [-0.25, -0.2) is 13.1 Å². The van der Waals surface area contributed by atoms with Crippen LogP contribution in [0, 0.1) is 13.8 Å². The number of ether oxygens (including phenoxy) is 1. The highest BCUT2D eigenvalue weighted by Gasteiger charge is 2.16. The smallest absolute Gasteiger partial charge is 0.262 e. The molecule has 0 aromatic heterocycles. The molecule has 0 spiro atoms. The summed E-state index contributed by atoms with van der Waals surface area (Å²) in [5.74, 6) is -0.110. The molecule has 0 heterocycles. The molecule has 0 unspecified atom stereocenters. The first-order valence-electron chi connectivity index (χ1n) is 8.62. The molecule has 2 rings (SSSR count). The largest absolute Gasteiger partial charge is 0.482 e. The van der Waals surface area contributed by atoms with Crippen molar-refractivity contribution in [2.75, 3.05) is 18.5 Å². The van der Waals surface area contributed by atoms with E-state index in [1.165, 1.54) is 18.2 Å². The molecule has 0 aliphatic rings. The number of halogens is 2. The normalized spacial score (nSPS) is 11.3. The van der Waals surface area contributed by atoms with Gasteiger partial charge in [0.2, 0.25) is 10.0 Å². The molecular weight excluding hydrogens is 468 g/mol. The van der Waals surface area contributed by atoms with Crippen LogP contribution in [0.1, 0.15) is 24.5 Å². The summed E-state index contributed by atoms with van der Waals surface area (Å²) in [4.78, 5) is 12.3. The van der Waals surface area contributed by atoms with E-state index in [1.807, 2.05) is 32.9 Å². The maximum Gasteiger partial charge on any atom is 0.262 e. The minimum Gasteiger partial charge on any atom is -0.482 e. The maximum absolute atomic E-state index is 12.2. The molecule has 9 heteroatoms.